The number of likely N-dealkylation sites (N-methyl/N-ethyl adjacent to an activating group) is 1. The summed E-state index contributed by atoms with van der Waals surface area (Å²) in [6.07, 6.45) is 2.61. The van der Waals surface area contributed by atoms with E-state index in [4.69, 9.17) is 10.5 Å². The summed E-state index contributed by atoms with van der Waals surface area (Å²) in [7, 11) is 3.58. The van der Waals surface area contributed by atoms with Crippen LogP contribution >= 0.6 is 0 Å². The number of anilines is 2. The standard InChI is InChI=1S/C15H23N3O2/c1-17-15(19)12-5-6-13(16)14(9-12)18(2)7-8-20-10-11-3-4-11/h5-6,9,11H,3-4,7-8,10,16H2,1-2H3,(H,17,19). The molecule has 1 aliphatic carbocycles. The van der Waals surface area contributed by atoms with Crippen LogP contribution in [0.15, 0.2) is 18.2 Å². The molecule has 0 heterocycles. The molecule has 1 aliphatic rings. The van der Waals surface area contributed by atoms with E-state index in [9.17, 15) is 4.79 Å². The monoisotopic (exact) mass is 277 g/mol. The van der Waals surface area contributed by atoms with Crippen LogP contribution < -0.4 is 16.0 Å². The van der Waals surface area contributed by atoms with Crippen molar-refractivity contribution in [2.75, 3.05) is 44.5 Å². The van der Waals surface area contributed by atoms with Gasteiger partial charge in [-0.1, -0.05) is 0 Å². The van der Waals surface area contributed by atoms with Gasteiger partial charge in [-0.2, -0.15) is 0 Å². The normalized spacial score (nSPS) is 14.1. The summed E-state index contributed by atoms with van der Waals surface area (Å²) in [5, 5.41) is 2.62. The highest BCUT2D eigenvalue weighted by molar-refractivity contribution is 5.96. The molecule has 1 saturated carbocycles. The van der Waals surface area contributed by atoms with Crippen molar-refractivity contribution in [2.45, 2.75) is 12.8 Å². The molecule has 0 unspecified atom stereocenters. The minimum Gasteiger partial charge on any atom is -0.397 e. The average Bonchev–Trinajstić information content (AvgIpc) is 3.27. The smallest absolute Gasteiger partial charge is 0.251 e. The second kappa shape index (κ2) is 6.61. The molecule has 5 heteroatoms. The van der Waals surface area contributed by atoms with Gasteiger partial charge in [-0.3, -0.25) is 4.79 Å². The van der Waals surface area contributed by atoms with Crippen molar-refractivity contribution >= 4 is 17.3 Å². The maximum atomic E-state index is 11.6. The Morgan fingerprint density at radius 2 is 2.25 bits per heavy atom. The zero-order chi connectivity index (χ0) is 14.5. The topological polar surface area (TPSA) is 67.6 Å². The number of carbonyl (C=O) groups is 1. The Labute approximate surface area is 120 Å². The van der Waals surface area contributed by atoms with Crippen LogP contribution in [0.5, 0.6) is 0 Å². The third-order valence-electron chi connectivity index (χ3n) is 3.55. The number of hydrogen-bond acceptors (Lipinski definition) is 4. The van der Waals surface area contributed by atoms with Crippen LogP contribution in [0.25, 0.3) is 0 Å². The number of rotatable bonds is 7. The van der Waals surface area contributed by atoms with Gasteiger partial charge >= 0.3 is 0 Å². The van der Waals surface area contributed by atoms with Gasteiger partial charge in [-0.05, 0) is 37.0 Å². The highest BCUT2D eigenvalue weighted by atomic mass is 16.5. The van der Waals surface area contributed by atoms with Gasteiger partial charge in [0.15, 0.2) is 0 Å². The van der Waals surface area contributed by atoms with Gasteiger partial charge < -0.3 is 20.7 Å². The molecule has 1 aromatic rings. The lowest BCUT2D eigenvalue weighted by Crippen LogP contribution is -2.25. The van der Waals surface area contributed by atoms with E-state index in [-0.39, 0.29) is 5.91 Å². The zero-order valence-electron chi connectivity index (χ0n) is 12.2. The molecule has 0 spiro atoms. The molecule has 110 valence electrons. The lowest BCUT2D eigenvalue weighted by atomic mass is 10.1. The van der Waals surface area contributed by atoms with Crippen LogP contribution in [-0.2, 0) is 4.74 Å². The Kier molecular flexibility index (Phi) is 4.84. The predicted molar refractivity (Wildman–Crippen MR) is 81.1 cm³/mol. The first-order valence-electron chi connectivity index (χ1n) is 7.02. The number of carbonyl (C=O) groups excluding carboxylic acids is 1. The van der Waals surface area contributed by atoms with Crippen molar-refractivity contribution < 1.29 is 9.53 Å². The van der Waals surface area contributed by atoms with E-state index < -0.39 is 0 Å². The van der Waals surface area contributed by atoms with E-state index in [1.807, 2.05) is 18.0 Å². The van der Waals surface area contributed by atoms with Crippen molar-refractivity contribution in [2.24, 2.45) is 5.92 Å². The number of nitrogens with one attached hydrogen (secondary N) is 1. The first kappa shape index (κ1) is 14.7. The van der Waals surface area contributed by atoms with Crippen LogP contribution in [0.2, 0.25) is 0 Å². The molecule has 0 aromatic heterocycles. The van der Waals surface area contributed by atoms with Gasteiger partial charge in [0.05, 0.1) is 18.0 Å². The quantitative estimate of drug-likeness (QED) is 0.585. The van der Waals surface area contributed by atoms with Crippen LogP contribution in [0.3, 0.4) is 0 Å². The first-order chi connectivity index (χ1) is 9.61. The number of nitrogens with two attached hydrogens (primary N) is 1. The van der Waals surface area contributed by atoms with E-state index in [0.717, 1.165) is 24.8 Å². The number of hydrogen-bond donors (Lipinski definition) is 2. The number of ether oxygens (including phenoxy) is 1. The van der Waals surface area contributed by atoms with E-state index in [2.05, 4.69) is 5.32 Å². The fraction of sp³-hybridized carbons (Fsp3) is 0.533. The fourth-order valence-electron chi connectivity index (χ4n) is 2.02. The summed E-state index contributed by atoms with van der Waals surface area (Å²) in [5.41, 5.74) is 8.12. The molecule has 0 atom stereocenters. The minimum absolute atomic E-state index is 0.107. The molecule has 5 nitrogen and oxygen atoms in total. The first-order valence-corrected chi connectivity index (χ1v) is 7.02. The van der Waals surface area contributed by atoms with E-state index in [1.54, 1.807) is 19.2 Å². The molecule has 0 bridgehead atoms. The molecular formula is C15H23N3O2. The number of nitrogens with zero attached hydrogens (tertiary/aromatic N) is 1. The lowest BCUT2D eigenvalue weighted by molar-refractivity contribution is 0.0963. The average molecular weight is 277 g/mol. The van der Waals surface area contributed by atoms with E-state index in [1.165, 1.54) is 12.8 Å². The zero-order valence-corrected chi connectivity index (χ0v) is 12.2. The Morgan fingerprint density at radius 1 is 1.50 bits per heavy atom. The van der Waals surface area contributed by atoms with Gasteiger partial charge in [0.25, 0.3) is 5.91 Å². The van der Waals surface area contributed by atoms with Crippen LogP contribution in [0, 0.1) is 5.92 Å². The number of benzene rings is 1. The summed E-state index contributed by atoms with van der Waals surface area (Å²) in [4.78, 5) is 13.7. The van der Waals surface area contributed by atoms with Gasteiger partial charge in [-0.15, -0.1) is 0 Å². The number of amides is 1. The molecule has 20 heavy (non-hydrogen) atoms. The molecular weight excluding hydrogens is 254 g/mol. The van der Waals surface area contributed by atoms with Gasteiger partial charge in [-0.25, -0.2) is 0 Å². The van der Waals surface area contributed by atoms with Crippen molar-refractivity contribution in [3.63, 3.8) is 0 Å². The maximum Gasteiger partial charge on any atom is 0.251 e. The van der Waals surface area contributed by atoms with Crippen molar-refractivity contribution in [1.82, 2.24) is 5.32 Å². The van der Waals surface area contributed by atoms with E-state index >= 15 is 0 Å². The van der Waals surface area contributed by atoms with Gasteiger partial charge in [0.2, 0.25) is 0 Å². The molecule has 2 rings (SSSR count). The molecule has 0 aliphatic heterocycles. The minimum atomic E-state index is -0.107. The molecule has 1 fully saturated rings. The van der Waals surface area contributed by atoms with Gasteiger partial charge in [0.1, 0.15) is 0 Å². The molecule has 1 amide bonds. The second-order valence-corrected chi connectivity index (χ2v) is 5.29. The molecule has 3 N–H and O–H groups in total. The third-order valence-corrected chi connectivity index (χ3v) is 3.55. The van der Waals surface area contributed by atoms with Crippen molar-refractivity contribution in [3.05, 3.63) is 23.8 Å². The Balaban J connectivity index is 1.92. The Morgan fingerprint density at radius 3 is 2.90 bits per heavy atom. The lowest BCUT2D eigenvalue weighted by Gasteiger charge is -2.21. The summed E-state index contributed by atoms with van der Waals surface area (Å²) in [6, 6.07) is 5.31. The SMILES string of the molecule is CNC(=O)c1ccc(N)c(N(C)CCOCC2CC2)c1. The van der Waals surface area contributed by atoms with Crippen molar-refractivity contribution in [1.29, 1.82) is 0 Å². The van der Waals surface area contributed by atoms with Crippen LogP contribution in [-0.4, -0.2) is 39.8 Å². The summed E-state index contributed by atoms with van der Waals surface area (Å²) in [5.74, 6) is 0.673. The largest absolute Gasteiger partial charge is 0.397 e. The highest BCUT2D eigenvalue weighted by Gasteiger charge is 2.21. The fourth-order valence-corrected chi connectivity index (χ4v) is 2.02. The van der Waals surface area contributed by atoms with Crippen LogP contribution in [0.1, 0.15) is 23.2 Å². The van der Waals surface area contributed by atoms with E-state index in [0.29, 0.717) is 17.9 Å². The summed E-state index contributed by atoms with van der Waals surface area (Å²) >= 11 is 0. The molecule has 1 aromatic carbocycles. The van der Waals surface area contributed by atoms with Crippen LogP contribution in [0.4, 0.5) is 11.4 Å². The summed E-state index contributed by atoms with van der Waals surface area (Å²) in [6.45, 7) is 2.30. The van der Waals surface area contributed by atoms with Gasteiger partial charge in [0, 0.05) is 32.8 Å². The number of nitrogen functional groups attached to an aromatic ring is 1. The Bertz CT molecular complexity index is 472. The Hall–Kier alpha value is -1.75. The van der Waals surface area contributed by atoms with Crippen molar-refractivity contribution in [3.8, 4) is 0 Å². The second-order valence-electron chi connectivity index (χ2n) is 5.29. The predicted octanol–water partition coefficient (Wildman–Crippen LogP) is 1.49. The highest BCUT2D eigenvalue weighted by Crippen LogP contribution is 2.29. The maximum absolute atomic E-state index is 11.6. The third kappa shape index (κ3) is 3.87. The molecule has 0 saturated heterocycles. The summed E-state index contributed by atoms with van der Waals surface area (Å²) < 4.78 is 5.63. The molecule has 0 radical (unpaired) electrons.